The molecular weight excluding hydrogens is 392 g/mol. The van der Waals surface area contributed by atoms with Crippen molar-refractivity contribution in [2.75, 3.05) is 7.11 Å². The maximum atomic E-state index is 12.9. The number of alkyl carbamates (subject to hydrolysis) is 1. The fourth-order valence-electron chi connectivity index (χ4n) is 2.67. The van der Waals surface area contributed by atoms with Gasteiger partial charge in [0.05, 0.1) is 7.11 Å². The van der Waals surface area contributed by atoms with Crippen molar-refractivity contribution in [1.29, 1.82) is 0 Å². The first kappa shape index (κ1) is 25.1. The topological polar surface area (TPSA) is 134 Å². The highest BCUT2D eigenvalue weighted by Gasteiger charge is 2.31. The van der Waals surface area contributed by atoms with E-state index in [4.69, 9.17) is 9.47 Å². The van der Waals surface area contributed by atoms with Gasteiger partial charge in [0.15, 0.2) is 11.5 Å². The number of methoxy groups -OCH3 is 1. The fourth-order valence-corrected chi connectivity index (χ4v) is 2.67. The van der Waals surface area contributed by atoms with E-state index in [2.05, 4.69) is 10.6 Å². The van der Waals surface area contributed by atoms with Crippen molar-refractivity contribution < 1.29 is 34.1 Å². The van der Waals surface area contributed by atoms with Crippen LogP contribution in [-0.2, 0) is 25.5 Å². The van der Waals surface area contributed by atoms with Crippen molar-refractivity contribution in [2.24, 2.45) is 5.92 Å². The van der Waals surface area contributed by atoms with Crippen LogP contribution >= 0.6 is 0 Å². The molecule has 0 heterocycles. The molecule has 3 atom stereocenters. The summed E-state index contributed by atoms with van der Waals surface area (Å²) >= 11 is 0. The largest absolute Gasteiger partial charge is 0.504 e. The number of nitrogens with one attached hydrogen (secondary N) is 2. The Hall–Kier alpha value is -2.97. The summed E-state index contributed by atoms with van der Waals surface area (Å²) in [5, 5.41) is 24.3. The third-order valence-electron chi connectivity index (χ3n) is 4.45. The first-order valence-electron chi connectivity index (χ1n) is 9.76. The lowest BCUT2D eigenvalue weighted by molar-refractivity contribution is -0.145. The number of carbonyl (C=O) groups is 3. The van der Waals surface area contributed by atoms with E-state index >= 15 is 0 Å². The minimum atomic E-state index is -1.06. The average Bonchev–Trinajstić information content (AvgIpc) is 2.65. The molecule has 0 aliphatic rings. The van der Waals surface area contributed by atoms with Crippen LogP contribution in [0.1, 0.15) is 46.6 Å². The third kappa shape index (κ3) is 7.81. The Morgan fingerprint density at radius 2 is 1.73 bits per heavy atom. The van der Waals surface area contributed by atoms with Gasteiger partial charge in [-0.2, -0.15) is 0 Å². The molecule has 9 heteroatoms. The molecule has 0 saturated heterocycles. The second-order valence-electron chi connectivity index (χ2n) is 8.12. The number of rotatable bonds is 8. The lowest BCUT2D eigenvalue weighted by atomic mass is 9.97. The summed E-state index contributed by atoms with van der Waals surface area (Å²) < 4.78 is 10.0. The molecule has 30 heavy (non-hydrogen) atoms. The monoisotopic (exact) mass is 424 g/mol. The Morgan fingerprint density at radius 1 is 1.10 bits per heavy atom. The van der Waals surface area contributed by atoms with Gasteiger partial charge in [0.25, 0.3) is 0 Å². The summed E-state index contributed by atoms with van der Waals surface area (Å²) in [4.78, 5) is 37.3. The molecule has 168 valence electrons. The Kier molecular flexibility index (Phi) is 8.94. The predicted octanol–water partition coefficient (Wildman–Crippen LogP) is 2.24. The SMILES string of the molecule is CC[C@H](C)[C@H](NC(=O)OC(C)(C)C)C(=O)N[C@@H](Cc1ccc(O)c(O)c1)C(=O)OC. The molecule has 0 aliphatic heterocycles. The zero-order valence-electron chi connectivity index (χ0n) is 18.3. The number of phenols is 2. The lowest BCUT2D eigenvalue weighted by Crippen LogP contribution is -2.55. The molecule has 1 aromatic rings. The van der Waals surface area contributed by atoms with Crippen LogP contribution in [0.5, 0.6) is 11.5 Å². The number of amides is 2. The number of benzene rings is 1. The van der Waals surface area contributed by atoms with Gasteiger partial charge in [-0.05, 0) is 44.4 Å². The summed E-state index contributed by atoms with van der Waals surface area (Å²) in [7, 11) is 1.20. The Morgan fingerprint density at radius 3 is 2.23 bits per heavy atom. The molecule has 4 N–H and O–H groups in total. The maximum absolute atomic E-state index is 12.9. The minimum Gasteiger partial charge on any atom is -0.504 e. The van der Waals surface area contributed by atoms with E-state index in [1.165, 1.54) is 25.3 Å². The zero-order chi connectivity index (χ0) is 23.1. The summed E-state index contributed by atoms with van der Waals surface area (Å²) in [6.45, 7) is 8.81. The average molecular weight is 424 g/mol. The molecule has 2 amide bonds. The van der Waals surface area contributed by atoms with Crippen LogP contribution in [0.3, 0.4) is 0 Å². The first-order valence-corrected chi connectivity index (χ1v) is 9.76. The van der Waals surface area contributed by atoms with Crippen LogP contribution in [-0.4, -0.2) is 53.0 Å². The number of esters is 1. The highest BCUT2D eigenvalue weighted by molar-refractivity contribution is 5.90. The molecule has 0 spiro atoms. The van der Waals surface area contributed by atoms with Crippen LogP contribution in [0.4, 0.5) is 4.79 Å². The van der Waals surface area contributed by atoms with E-state index < -0.39 is 35.7 Å². The number of ether oxygens (including phenoxy) is 2. The molecule has 0 radical (unpaired) electrons. The smallest absolute Gasteiger partial charge is 0.408 e. The number of carbonyl (C=O) groups excluding carboxylic acids is 3. The molecule has 0 unspecified atom stereocenters. The van der Waals surface area contributed by atoms with Crippen molar-refractivity contribution >= 4 is 18.0 Å². The molecule has 1 rings (SSSR count). The highest BCUT2D eigenvalue weighted by atomic mass is 16.6. The van der Waals surface area contributed by atoms with Crippen molar-refractivity contribution in [3.05, 3.63) is 23.8 Å². The van der Waals surface area contributed by atoms with Gasteiger partial charge in [-0.1, -0.05) is 26.3 Å². The Bertz CT molecular complexity index is 758. The molecular formula is C21H32N2O7. The van der Waals surface area contributed by atoms with Crippen LogP contribution in [0.25, 0.3) is 0 Å². The minimum absolute atomic E-state index is 0.0198. The highest BCUT2D eigenvalue weighted by Crippen LogP contribution is 2.25. The van der Waals surface area contributed by atoms with Gasteiger partial charge in [0.1, 0.15) is 17.7 Å². The van der Waals surface area contributed by atoms with Gasteiger partial charge >= 0.3 is 12.1 Å². The Balaban J connectivity index is 3.00. The van der Waals surface area contributed by atoms with Crippen molar-refractivity contribution in [1.82, 2.24) is 10.6 Å². The van der Waals surface area contributed by atoms with E-state index in [0.29, 0.717) is 12.0 Å². The van der Waals surface area contributed by atoms with Crippen LogP contribution < -0.4 is 10.6 Å². The van der Waals surface area contributed by atoms with Crippen molar-refractivity contribution in [2.45, 2.75) is 65.1 Å². The third-order valence-corrected chi connectivity index (χ3v) is 4.45. The summed E-state index contributed by atoms with van der Waals surface area (Å²) in [6.07, 6.45) is -0.116. The van der Waals surface area contributed by atoms with Gasteiger partial charge in [0, 0.05) is 6.42 Å². The lowest BCUT2D eigenvalue weighted by Gasteiger charge is -2.27. The normalized spacial score (nSPS) is 14.2. The second kappa shape index (κ2) is 10.7. The van der Waals surface area contributed by atoms with Crippen LogP contribution in [0, 0.1) is 5.92 Å². The first-order chi connectivity index (χ1) is 13.9. The van der Waals surface area contributed by atoms with Crippen molar-refractivity contribution in [3.63, 3.8) is 0 Å². The summed E-state index contributed by atoms with van der Waals surface area (Å²) in [5.41, 5.74) is -0.225. The van der Waals surface area contributed by atoms with Crippen molar-refractivity contribution in [3.8, 4) is 11.5 Å². The summed E-state index contributed by atoms with van der Waals surface area (Å²) in [6, 6.07) is 2.11. The van der Waals surface area contributed by atoms with Gasteiger partial charge in [0.2, 0.25) is 5.91 Å². The van der Waals surface area contributed by atoms with E-state index in [0.717, 1.165) is 0 Å². The fraction of sp³-hybridized carbons (Fsp3) is 0.571. The van der Waals surface area contributed by atoms with Crippen LogP contribution in [0.2, 0.25) is 0 Å². The quantitative estimate of drug-likeness (QED) is 0.371. The van der Waals surface area contributed by atoms with E-state index in [1.807, 2.05) is 6.92 Å². The van der Waals surface area contributed by atoms with E-state index in [-0.39, 0.29) is 23.8 Å². The molecule has 1 aromatic carbocycles. The summed E-state index contributed by atoms with van der Waals surface area (Å²) in [5.74, 6) is -2.11. The van der Waals surface area contributed by atoms with Gasteiger partial charge in [-0.15, -0.1) is 0 Å². The molecule has 0 fully saturated rings. The number of hydrogen-bond acceptors (Lipinski definition) is 7. The molecule has 0 bridgehead atoms. The molecule has 9 nitrogen and oxygen atoms in total. The Labute approximate surface area is 176 Å². The molecule has 0 aromatic heterocycles. The van der Waals surface area contributed by atoms with Gasteiger partial charge in [-0.25, -0.2) is 9.59 Å². The van der Waals surface area contributed by atoms with E-state index in [1.54, 1.807) is 27.7 Å². The number of hydrogen-bond donors (Lipinski definition) is 4. The molecule has 0 aliphatic carbocycles. The molecule has 0 saturated carbocycles. The van der Waals surface area contributed by atoms with E-state index in [9.17, 15) is 24.6 Å². The number of aromatic hydroxyl groups is 2. The second-order valence-corrected chi connectivity index (χ2v) is 8.12. The van der Waals surface area contributed by atoms with Crippen LogP contribution in [0.15, 0.2) is 18.2 Å². The zero-order valence-corrected chi connectivity index (χ0v) is 18.3. The maximum Gasteiger partial charge on any atom is 0.408 e. The number of phenolic OH excluding ortho intramolecular Hbond substituents is 2. The van der Waals surface area contributed by atoms with Gasteiger partial charge in [-0.3, -0.25) is 4.79 Å². The predicted molar refractivity (Wildman–Crippen MR) is 110 cm³/mol. The van der Waals surface area contributed by atoms with Gasteiger partial charge < -0.3 is 30.3 Å². The standard InChI is InChI=1S/C21H32N2O7/c1-7-12(2)17(23-20(28)30-21(3,4)5)18(26)22-14(19(27)29-6)10-13-8-9-15(24)16(25)11-13/h8-9,11-12,14,17,24-25H,7,10H2,1-6H3,(H,22,26)(H,23,28)/t12-,14-,17-/m0/s1.